The van der Waals surface area contributed by atoms with Crippen LogP contribution >= 0.6 is 11.6 Å². The second-order valence-electron chi connectivity index (χ2n) is 6.11. The number of amides is 1. The van der Waals surface area contributed by atoms with Gasteiger partial charge in [0, 0.05) is 31.8 Å². The molecule has 5 nitrogen and oxygen atoms in total. The first-order chi connectivity index (χ1) is 11.1. The van der Waals surface area contributed by atoms with Crippen LogP contribution in [0.4, 0.5) is 4.39 Å². The fourth-order valence-electron chi connectivity index (χ4n) is 3.30. The summed E-state index contributed by atoms with van der Waals surface area (Å²) in [7, 11) is 0. The Labute approximate surface area is 139 Å². The molecule has 1 aromatic rings. The summed E-state index contributed by atoms with van der Waals surface area (Å²) in [6, 6.07) is 4.03. The number of carbonyl (C=O) groups is 1. The van der Waals surface area contributed by atoms with E-state index in [1.165, 1.54) is 12.1 Å². The highest BCUT2D eigenvalue weighted by molar-refractivity contribution is 6.33. The number of aliphatic hydroxyl groups excluding tert-OH is 1. The molecule has 126 valence electrons. The first kappa shape index (κ1) is 16.6. The first-order valence-corrected chi connectivity index (χ1v) is 8.17. The van der Waals surface area contributed by atoms with Crippen LogP contribution in [0.3, 0.4) is 0 Å². The van der Waals surface area contributed by atoms with Crippen molar-refractivity contribution in [2.75, 3.05) is 26.3 Å². The number of hydrogen-bond donors (Lipinski definition) is 2. The van der Waals surface area contributed by atoms with Crippen molar-refractivity contribution >= 4 is 17.5 Å². The van der Waals surface area contributed by atoms with E-state index in [9.17, 15) is 9.18 Å². The molecule has 23 heavy (non-hydrogen) atoms. The lowest BCUT2D eigenvalue weighted by molar-refractivity contribution is -0.0566. The number of nitrogens with zero attached hydrogens (tertiary/aromatic N) is 1. The predicted molar refractivity (Wildman–Crippen MR) is 84.1 cm³/mol. The first-order valence-electron chi connectivity index (χ1n) is 7.79. The topological polar surface area (TPSA) is 61.8 Å². The van der Waals surface area contributed by atoms with Gasteiger partial charge >= 0.3 is 0 Å². The van der Waals surface area contributed by atoms with E-state index in [1.54, 1.807) is 0 Å². The van der Waals surface area contributed by atoms with Gasteiger partial charge in [-0.2, -0.15) is 0 Å². The molecule has 0 radical (unpaired) electrons. The smallest absolute Gasteiger partial charge is 0.253 e. The maximum Gasteiger partial charge on any atom is 0.253 e. The maximum atomic E-state index is 13.3. The van der Waals surface area contributed by atoms with Crippen molar-refractivity contribution in [1.82, 2.24) is 10.2 Å². The third-order valence-corrected chi connectivity index (χ3v) is 4.78. The van der Waals surface area contributed by atoms with Gasteiger partial charge in [0.05, 0.1) is 23.3 Å². The number of nitrogens with one attached hydrogen (secondary N) is 1. The van der Waals surface area contributed by atoms with Gasteiger partial charge in [0.25, 0.3) is 5.91 Å². The Morgan fingerprint density at radius 3 is 3.09 bits per heavy atom. The van der Waals surface area contributed by atoms with Crippen LogP contribution < -0.4 is 5.32 Å². The molecule has 3 rings (SSSR count). The van der Waals surface area contributed by atoms with Gasteiger partial charge in [0.1, 0.15) is 5.82 Å². The van der Waals surface area contributed by atoms with E-state index < -0.39 is 5.82 Å². The number of benzene rings is 1. The van der Waals surface area contributed by atoms with E-state index in [0.717, 1.165) is 25.6 Å². The van der Waals surface area contributed by atoms with Crippen LogP contribution in [0.25, 0.3) is 0 Å². The lowest BCUT2D eigenvalue weighted by atomic mass is 10.1. The highest BCUT2D eigenvalue weighted by Gasteiger charge is 2.37. The van der Waals surface area contributed by atoms with Crippen molar-refractivity contribution in [3.05, 3.63) is 34.6 Å². The predicted octanol–water partition coefficient (Wildman–Crippen LogP) is 1.43. The minimum Gasteiger partial charge on any atom is -0.396 e. The van der Waals surface area contributed by atoms with Gasteiger partial charge in [-0.3, -0.25) is 9.69 Å². The zero-order valence-corrected chi connectivity index (χ0v) is 13.4. The molecule has 1 amide bonds. The molecule has 2 aliphatic rings. The molecule has 0 saturated carbocycles. The van der Waals surface area contributed by atoms with Crippen LogP contribution in [-0.2, 0) is 4.74 Å². The number of fused-ring (bicyclic) bond motifs is 1. The summed E-state index contributed by atoms with van der Waals surface area (Å²) in [4.78, 5) is 14.6. The molecule has 0 aliphatic carbocycles. The molecule has 7 heteroatoms. The standard InChI is InChI=1S/C16H20ClFN2O3/c17-15-2-1-10(18)5-14(15)16(22)19-11-6-12-9-23-13(3-4-21)8-20(12)7-11/h1-2,5,11-13,21H,3-4,6-9H2,(H,19,22)/t11-,12-,13-/m0/s1. The Kier molecular flexibility index (Phi) is 5.16. The van der Waals surface area contributed by atoms with Crippen LogP contribution in [0.1, 0.15) is 23.2 Å². The number of carbonyl (C=O) groups excluding carboxylic acids is 1. The zero-order valence-electron chi connectivity index (χ0n) is 12.7. The molecule has 2 aliphatic heterocycles. The number of rotatable bonds is 4. The van der Waals surface area contributed by atoms with Crippen molar-refractivity contribution < 1.29 is 19.0 Å². The second-order valence-corrected chi connectivity index (χ2v) is 6.51. The van der Waals surface area contributed by atoms with Crippen molar-refractivity contribution in [2.45, 2.75) is 31.0 Å². The van der Waals surface area contributed by atoms with Crippen LogP contribution in [-0.4, -0.2) is 60.4 Å². The summed E-state index contributed by atoms with van der Waals surface area (Å²) in [5, 5.41) is 12.2. The Hall–Kier alpha value is -1.21. The highest BCUT2D eigenvalue weighted by atomic mass is 35.5. The SMILES string of the molecule is O=C(N[C@H]1C[C@H]2CO[C@@H](CCO)CN2C1)c1cc(F)ccc1Cl. The minimum absolute atomic E-state index is 0.0108. The lowest BCUT2D eigenvalue weighted by Crippen LogP contribution is -2.46. The Bertz CT molecular complexity index is 586. The van der Waals surface area contributed by atoms with Crippen molar-refractivity contribution in [1.29, 1.82) is 0 Å². The summed E-state index contributed by atoms with van der Waals surface area (Å²) in [6.45, 7) is 2.21. The third kappa shape index (κ3) is 3.83. The van der Waals surface area contributed by atoms with E-state index >= 15 is 0 Å². The molecule has 0 spiro atoms. The van der Waals surface area contributed by atoms with Gasteiger partial charge < -0.3 is 15.2 Å². The number of morpholine rings is 1. The van der Waals surface area contributed by atoms with Crippen LogP contribution in [0, 0.1) is 5.82 Å². The van der Waals surface area contributed by atoms with Crippen molar-refractivity contribution in [3.8, 4) is 0 Å². The van der Waals surface area contributed by atoms with Gasteiger partial charge in [0.2, 0.25) is 0 Å². The fraction of sp³-hybridized carbons (Fsp3) is 0.562. The summed E-state index contributed by atoms with van der Waals surface area (Å²) in [5.41, 5.74) is 0.158. The highest BCUT2D eigenvalue weighted by Crippen LogP contribution is 2.25. The average Bonchev–Trinajstić information content (AvgIpc) is 2.91. The lowest BCUT2D eigenvalue weighted by Gasteiger charge is -2.34. The molecule has 0 aromatic heterocycles. The molecule has 2 N–H and O–H groups in total. The number of halogens is 2. The van der Waals surface area contributed by atoms with E-state index in [-0.39, 0.29) is 41.3 Å². The molecular formula is C16H20ClFN2O3. The van der Waals surface area contributed by atoms with Gasteiger partial charge in [-0.1, -0.05) is 11.6 Å². The molecule has 1 aromatic carbocycles. The third-order valence-electron chi connectivity index (χ3n) is 4.45. The molecule has 3 atom stereocenters. The fourth-order valence-corrected chi connectivity index (χ4v) is 3.50. The van der Waals surface area contributed by atoms with E-state index in [0.29, 0.717) is 13.0 Å². The number of ether oxygens (including phenoxy) is 1. The van der Waals surface area contributed by atoms with Gasteiger partial charge in [-0.15, -0.1) is 0 Å². The normalized spacial score (nSPS) is 27.7. The summed E-state index contributed by atoms with van der Waals surface area (Å²) >= 11 is 5.97. The summed E-state index contributed by atoms with van der Waals surface area (Å²) in [6.07, 6.45) is 1.47. The molecular weight excluding hydrogens is 323 g/mol. The minimum atomic E-state index is -0.483. The Balaban J connectivity index is 1.59. The number of aliphatic hydroxyl groups is 1. The van der Waals surface area contributed by atoms with Crippen LogP contribution in [0.2, 0.25) is 5.02 Å². The Morgan fingerprint density at radius 2 is 2.30 bits per heavy atom. The van der Waals surface area contributed by atoms with Gasteiger partial charge in [0.15, 0.2) is 0 Å². The van der Waals surface area contributed by atoms with Gasteiger partial charge in [-0.25, -0.2) is 4.39 Å². The van der Waals surface area contributed by atoms with E-state index in [1.807, 2.05) is 0 Å². The van der Waals surface area contributed by atoms with Crippen LogP contribution in [0.5, 0.6) is 0 Å². The van der Waals surface area contributed by atoms with Crippen molar-refractivity contribution in [3.63, 3.8) is 0 Å². The maximum absolute atomic E-state index is 13.3. The molecule has 2 saturated heterocycles. The van der Waals surface area contributed by atoms with E-state index in [4.69, 9.17) is 21.4 Å². The largest absolute Gasteiger partial charge is 0.396 e. The molecule has 2 heterocycles. The average molecular weight is 343 g/mol. The molecule has 0 bridgehead atoms. The zero-order chi connectivity index (χ0) is 16.4. The molecule has 0 unspecified atom stereocenters. The summed E-state index contributed by atoms with van der Waals surface area (Å²) < 4.78 is 19.0. The Morgan fingerprint density at radius 1 is 1.48 bits per heavy atom. The summed E-state index contributed by atoms with van der Waals surface area (Å²) in [5.74, 6) is -0.837. The quantitative estimate of drug-likeness (QED) is 0.869. The van der Waals surface area contributed by atoms with Gasteiger partial charge in [-0.05, 0) is 31.0 Å². The monoisotopic (exact) mass is 342 g/mol. The van der Waals surface area contributed by atoms with Crippen molar-refractivity contribution in [2.24, 2.45) is 0 Å². The number of hydrogen-bond acceptors (Lipinski definition) is 4. The molecule has 2 fully saturated rings. The van der Waals surface area contributed by atoms with E-state index in [2.05, 4.69) is 10.2 Å². The van der Waals surface area contributed by atoms with Crippen LogP contribution in [0.15, 0.2) is 18.2 Å². The second kappa shape index (κ2) is 7.13.